The Morgan fingerprint density at radius 1 is 1.91 bits per heavy atom. The lowest BCUT2D eigenvalue weighted by atomic mass is 10.2. The standard InChI is InChI=1S/C8H14N2S/c1-3-5-9-10-8-4-6-11-7(8)2/h3,7,9H,1,4-6H2,2H3/b10-8+. The van der Waals surface area contributed by atoms with Gasteiger partial charge in [-0.25, -0.2) is 0 Å². The SMILES string of the molecule is C=CCN/N=C1\CCSC1C. The topological polar surface area (TPSA) is 24.4 Å². The number of hydrogen-bond donors (Lipinski definition) is 1. The lowest BCUT2D eigenvalue weighted by molar-refractivity contribution is 0.817. The minimum absolute atomic E-state index is 0.604. The molecule has 0 aromatic carbocycles. The predicted molar refractivity (Wildman–Crippen MR) is 52.2 cm³/mol. The molecule has 1 heterocycles. The third-order valence-electron chi connectivity index (χ3n) is 1.65. The van der Waals surface area contributed by atoms with Crippen LogP contribution in [0.2, 0.25) is 0 Å². The van der Waals surface area contributed by atoms with Gasteiger partial charge in [-0.1, -0.05) is 6.08 Å². The Hall–Kier alpha value is -0.440. The highest BCUT2D eigenvalue weighted by atomic mass is 32.2. The largest absolute Gasteiger partial charge is 0.306 e. The van der Waals surface area contributed by atoms with Crippen LogP contribution in [0.1, 0.15) is 13.3 Å². The van der Waals surface area contributed by atoms with E-state index in [0.717, 1.165) is 13.0 Å². The van der Waals surface area contributed by atoms with E-state index in [1.54, 1.807) is 0 Å². The summed E-state index contributed by atoms with van der Waals surface area (Å²) in [5, 5.41) is 4.87. The number of nitrogens with zero attached hydrogens (tertiary/aromatic N) is 1. The van der Waals surface area contributed by atoms with Gasteiger partial charge in [0.2, 0.25) is 0 Å². The van der Waals surface area contributed by atoms with E-state index in [9.17, 15) is 0 Å². The molecule has 1 atom stereocenters. The van der Waals surface area contributed by atoms with Gasteiger partial charge >= 0.3 is 0 Å². The first-order chi connectivity index (χ1) is 5.34. The molecule has 0 radical (unpaired) electrons. The quantitative estimate of drug-likeness (QED) is 0.395. The summed E-state index contributed by atoms with van der Waals surface area (Å²) in [4.78, 5) is 0. The summed E-state index contributed by atoms with van der Waals surface area (Å²) in [7, 11) is 0. The zero-order chi connectivity index (χ0) is 8.10. The van der Waals surface area contributed by atoms with Gasteiger partial charge in [0.25, 0.3) is 0 Å². The fourth-order valence-corrected chi connectivity index (χ4v) is 2.04. The van der Waals surface area contributed by atoms with Crippen molar-refractivity contribution in [1.29, 1.82) is 0 Å². The predicted octanol–water partition coefficient (Wildman–Crippen LogP) is 1.64. The van der Waals surface area contributed by atoms with E-state index in [4.69, 9.17) is 0 Å². The van der Waals surface area contributed by atoms with Crippen LogP contribution in [-0.4, -0.2) is 23.3 Å². The molecule has 0 aliphatic carbocycles. The fourth-order valence-electron chi connectivity index (χ4n) is 0.998. The molecule has 0 saturated carbocycles. The molecule has 1 aliphatic heterocycles. The first kappa shape index (κ1) is 8.65. The van der Waals surface area contributed by atoms with Gasteiger partial charge < -0.3 is 5.43 Å². The third kappa shape index (κ3) is 2.58. The van der Waals surface area contributed by atoms with Crippen molar-refractivity contribution in [2.45, 2.75) is 18.6 Å². The van der Waals surface area contributed by atoms with Gasteiger partial charge in [0.15, 0.2) is 0 Å². The molecule has 0 amide bonds. The Bertz CT molecular complexity index is 165. The summed E-state index contributed by atoms with van der Waals surface area (Å²) in [6.07, 6.45) is 2.95. The van der Waals surface area contributed by atoms with E-state index in [2.05, 4.69) is 24.0 Å². The average molecular weight is 170 g/mol. The van der Waals surface area contributed by atoms with Crippen molar-refractivity contribution < 1.29 is 0 Å². The van der Waals surface area contributed by atoms with E-state index in [1.165, 1.54) is 11.5 Å². The Kier molecular flexibility index (Phi) is 3.49. The normalized spacial score (nSPS) is 27.4. The lowest BCUT2D eigenvalue weighted by Crippen LogP contribution is -2.13. The van der Waals surface area contributed by atoms with E-state index >= 15 is 0 Å². The number of hydrogen-bond acceptors (Lipinski definition) is 3. The van der Waals surface area contributed by atoms with Crippen LogP contribution in [0.3, 0.4) is 0 Å². The second kappa shape index (κ2) is 4.44. The number of rotatable bonds is 3. The Balaban J connectivity index is 2.32. The van der Waals surface area contributed by atoms with E-state index < -0.39 is 0 Å². The second-order valence-electron chi connectivity index (χ2n) is 2.52. The van der Waals surface area contributed by atoms with Crippen LogP contribution in [0.4, 0.5) is 0 Å². The average Bonchev–Trinajstić information content (AvgIpc) is 2.37. The Morgan fingerprint density at radius 2 is 2.73 bits per heavy atom. The molecule has 1 N–H and O–H groups in total. The fraction of sp³-hybridized carbons (Fsp3) is 0.625. The van der Waals surface area contributed by atoms with Gasteiger partial charge in [-0.05, 0) is 19.1 Å². The van der Waals surface area contributed by atoms with Crippen LogP contribution in [-0.2, 0) is 0 Å². The summed E-state index contributed by atoms with van der Waals surface area (Å²) in [6, 6.07) is 0. The van der Waals surface area contributed by atoms with Crippen LogP contribution in [0.15, 0.2) is 17.8 Å². The first-order valence-corrected chi connectivity index (χ1v) is 4.91. The monoisotopic (exact) mass is 170 g/mol. The van der Waals surface area contributed by atoms with Crippen LogP contribution in [0.5, 0.6) is 0 Å². The molecule has 1 saturated heterocycles. The molecule has 0 bridgehead atoms. The van der Waals surface area contributed by atoms with Gasteiger partial charge in [0.1, 0.15) is 0 Å². The molecule has 62 valence electrons. The highest BCUT2D eigenvalue weighted by Gasteiger charge is 2.17. The van der Waals surface area contributed by atoms with Crippen LogP contribution < -0.4 is 5.43 Å². The van der Waals surface area contributed by atoms with Crippen molar-refractivity contribution in [3.63, 3.8) is 0 Å². The highest BCUT2D eigenvalue weighted by molar-refractivity contribution is 8.01. The Morgan fingerprint density at radius 3 is 3.27 bits per heavy atom. The van der Waals surface area contributed by atoms with Crippen molar-refractivity contribution in [3.05, 3.63) is 12.7 Å². The summed E-state index contributed by atoms with van der Waals surface area (Å²) in [5.41, 5.74) is 4.25. The van der Waals surface area contributed by atoms with Crippen LogP contribution >= 0.6 is 11.8 Å². The zero-order valence-electron chi connectivity index (χ0n) is 6.84. The molecule has 11 heavy (non-hydrogen) atoms. The summed E-state index contributed by atoms with van der Waals surface area (Å²) < 4.78 is 0. The maximum atomic E-state index is 4.27. The molecular weight excluding hydrogens is 156 g/mol. The second-order valence-corrected chi connectivity index (χ2v) is 3.97. The molecular formula is C8H14N2S. The Labute approximate surface area is 72.1 Å². The van der Waals surface area contributed by atoms with Gasteiger partial charge in [0, 0.05) is 5.25 Å². The molecule has 1 rings (SSSR count). The van der Waals surface area contributed by atoms with Crippen molar-refractivity contribution >= 4 is 17.5 Å². The van der Waals surface area contributed by atoms with Gasteiger partial charge in [-0.3, -0.25) is 0 Å². The number of hydrazone groups is 1. The van der Waals surface area contributed by atoms with Gasteiger partial charge in [0.05, 0.1) is 12.3 Å². The van der Waals surface area contributed by atoms with Crippen molar-refractivity contribution in [2.24, 2.45) is 5.10 Å². The van der Waals surface area contributed by atoms with E-state index in [0.29, 0.717) is 5.25 Å². The summed E-state index contributed by atoms with van der Waals surface area (Å²) in [6.45, 7) is 6.57. The van der Waals surface area contributed by atoms with E-state index in [1.807, 2.05) is 17.8 Å². The van der Waals surface area contributed by atoms with Crippen LogP contribution in [0, 0.1) is 0 Å². The number of nitrogens with one attached hydrogen (secondary N) is 1. The lowest BCUT2D eigenvalue weighted by Gasteiger charge is -2.02. The van der Waals surface area contributed by atoms with E-state index in [-0.39, 0.29) is 0 Å². The minimum atomic E-state index is 0.604. The zero-order valence-corrected chi connectivity index (χ0v) is 7.66. The molecule has 0 aromatic rings. The molecule has 1 fully saturated rings. The molecule has 1 unspecified atom stereocenters. The van der Waals surface area contributed by atoms with Crippen LogP contribution in [0.25, 0.3) is 0 Å². The van der Waals surface area contributed by atoms with Crippen molar-refractivity contribution in [2.75, 3.05) is 12.3 Å². The number of thioether (sulfide) groups is 1. The summed E-state index contributed by atoms with van der Waals surface area (Å²) in [5.74, 6) is 1.22. The maximum absolute atomic E-state index is 4.27. The minimum Gasteiger partial charge on any atom is -0.306 e. The molecule has 2 nitrogen and oxygen atoms in total. The third-order valence-corrected chi connectivity index (χ3v) is 2.87. The van der Waals surface area contributed by atoms with Gasteiger partial charge in [-0.15, -0.1) is 6.58 Å². The highest BCUT2D eigenvalue weighted by Crippen LogP contribution is 2.22. The first-order valence-electron chi connectivity index (χ1n) is 3.86. The van der Waals surface area contributed by atoms with Gasteiger partial charge in [-0.2, -0.15) is 16.9 Å². The van der Waals surface area contributed by atoms with Crippen molar-refractivity contribution in [3.8, 4) is 0 Å². The summed E-state index contributed by atoms with van der Waals surface area (Å²) >= 11 is 1.97. The molecule has 1 aliphatic rings. The van der Waals surface area contributed by atoms with Crippen molar-refractivity contribution in [1.82, 2.24) is 5.43 Å². The molecule has 0 spiro atoms. The molecule has 3 heteroatoms. The maximum Gasteiger partial charge on any atom is 0.0513 e. The smallest absolute Gasteiger partial charge is 0.0513 e. The molecule has 0 aromatic heterocycles.